The van der Waals surface area contributed by atoms with E-state index in [-0.39, 0.29) is 24.3 Å². The SMILES string of the molecule is COc1ccc(CCC(=O)NNC(=O)C2CC(c3ccccc3)NN2)cc1. The van der Waals surface area contributed by atoms with Crippen molar-refractivity contribution in [3.8, 4) is 5.75 Å². The fourth-order valence-electron chi connectivity index (χ4n) is 2.96. The van der Waals surface area contributed by atoms with Crippen molar-refractivity contribution < 1.29 is 14.3 Å². The minimum absolute atomic E-state index is 0.0627. The third-order valence-corrected chi connectivity index (χ3v) is 4.55. The summed E-state index contributed by atoms with van der Waals surface area (Å²) in [5.74, 6) is 0.283. The first kappa shape index (κ1) is 18.9. The molecule has 0 radical (unpaired) electrons. The van der Waals surface area contributed by atoms with E-state index >= 15 is 0 Å². The summed E-state index contributed by atoms with van der Waals surface area (Å²) in [5.41, 5.74) is 13.2. The fraction of sp³-hybridized carbons (Fsp3) is 0.300. The van der Waals surface area contributed by atoms with Crippen molar-refractivity contribution in [3.05, 3.63) is 65.7 Å². The van der Waals surface area contributed by atoms with Crippen LogP contribution in [0, 0.1) is 0 Å². The molecule has 1 heterocycles. The van der Waals surface area contributed by atoms with E-state index in [1.54, 1.807) is 7.11 Å². The van der Waals surface area contributed by atoms with Crippen molar-refractivity contribution >= 4 is 11.8 Å². The summed E-state index contributed by atoms with van der Waals surface area (Å²) in [6, 6.07) is 17.1. The van der Waals surface area contributed by atoms with Gasteiger partial charge in [0.1, 0.15) is 11.8 Å². The Morgan fingerprint density at radius 3 is 2.48 bits per heavy atom. The second-order valence-corrected chi connectivity index (χ2v) is 6.43. The van der Waals surface area contributed by atoms with Crippen LogP contribution >= 0.6 is 0 Å². The van der Waals surface area contributed by atoms with Crippen molar-refractivity contribution in [2.75, 3.05) is 7.11 Å². The number of hydrogen-bond acceptors (Lipinski definition) is 5. The summed E-state index contributed by atoms with van der Waals surface area (Å²) in [4.78, 5) is 24.2. The number of methoxy groups -OCH3 is 1. The van der Waals surface area contributed by atoms with E-state index in [1.165, 1.54) is 0 Å². The third kappa shape index (κ3) is 5.29. The van der Waals surface area contributed by atoms with Crippen LogP contribution in [0.3, 0.4) is 0 Å². The second kappa shape index (κ2) is 9.16. The van der Waals surface area contributed by atoms with E-state index in [1.807, 2.05) is 54.6 Å². The molecule has 2 unspecified atom stereocenters. The van der Waals surface area contributed by atoms with Gasteiger partial charge in [0.25, 0.3) is 5.91 Å². The number of ether oxygens (including phenoxy) is 1. The maximum atomic E-state index is 12.2. The Kier molecular flexibility index (Phi) is 6.40. The van der Waals surface area contributed by atoms with Crippen LogP contribution in [0.2, 0.25) is 0 Å². The molecule has 1 fully saturated rings. The average Bonchev–Trinajstić information content (AvgIpc) is 3.22. The van der Waals surface area contributed by atoms with Gasteiger partial charge >= 0.3 is 0 Å². The zero-order valence-corrected chi connectivity index (χ0v) is 15.2. The van der Waals surface area contributed by atoms with Gasteiger partial charge in [-0.2, -0.15) is 0 Å². The number of hydrazine groups is 2. The third-order valence-electron chi connectivity index (χ3n) is 4.55. The van der Waals surface area contributed by atoms with Crippen LogP contribution in [0.1, 0.15) is 30.0 Å². The molecule has 0 aliphatic carbocycles. The van der Waals surface area contributed by atoms with Crippen LogP contribution in [0.5, 0.6) is 5.75 Å². The number of aryl methyl sites for hydroxylation is 1. The van der Waals surface area contributed by atoms with Gasteiger partial charge in [-0.1, -0.05) is 42.5 Å². The Hall–Kier alpha value is -2.90. The molecule has 7 nitrogen and oxygen atoms in total. The molecular formula is C20H24N4O3. The highest BCUT2D eigenvalue weighted by atomic mass is 16.5. The molecule has 4 N–H and O–H groups in total. The van der Waals surface area contributed by atoms with Crippen molar-refractivity contribution in [1.29, 1.82) is 0 Å². The second-order valence-electron chi connectivity index (χ2n) is 6.43. The van der Waals surface area contributed by atoms with Gasteiger partial charge < -0.3 is 4.74 Å². The Bertz CT molecular complexity index is 765. The standard InChI is InChI=1S/C20H24N4O3/c1-27-16-10-7-14(8-11-16)9-12-19(25)23-24-20(26)18-13-17(21-22-18)15-5-3-2-4-6-15/h2-8,10-11,17-18,21-22H,9,12-13H2,1H3,(H,23,25)(H,24,26). The van der Waals surface area contributed by atoms with Gasteiger partial charge in [0.2, 0.25) is 5.91 Å². The lowest BCUT2D eigenvalue weighted by Gasteiger charge is -2.12. The number of hydrogen-bond donors (Lipinski definition) is 4. The topological polar surface area (TPSA) is 91.5 Å². The molecule has 2 aromatic rings. The molecule has 0 spiro atoms. The van der Waals surface area contributed by atoms with Gasteiger partial charge in [0, 0.05) is 12.5 Å². The van der Waals surface area contributed by atoms with Gasteiger partial charge in [-0.3, -0.25) is 20.4 Å². The summed E-state index contributed by atoms with van der Waals surface area (Å²) in [5, 5.41) is 0. The Labute approximate surface area is 158 Å². The van der Waals surface area contributed by atoms with Gasteiger partial charge in [-0.25, -0.2) is 10.9 Å². The van der Waals surface area contributed by atoms with Gasteiger partial charge in [-0.15, -0.1) is 0 Å². The molecule has 2 aromatic carbocycles. The first-order valence-corrected chi connectivity index (χ1v) is 8.93. The van der Waals surface area contributed by atoms with Crippen molar-refractivity contribution in [2.24, 2.45) is 0 Å². The van der Waals surface area contributed by atoms with Gasteiger partial charge in [0.05, 0.1) is 7.11 Å². The highest BCUT2D eigenvalue weighted by molar-refractivity contribution is 5.85. The molecule has 27 heavy (non-hydrogen) atoms. The Morgan fingerprint density at radius 1 is 1.04 bits per heavy atom. The molecule has 1 saturated heterocycles. The monoisotopic (exact) mass is 368 g/mol. The number of rotatable bonds is 6. The first-order valence-electron chi connectivity index (χ1n) is 8.93. The van der Waals surface area contributed by atoms with Crippen LogP contribution in [-0.4, -0.2) is 25.0 Å². The molecule has 7 heteroatoms. The minimum atomic E-state index is -0.405. The van der Waals surface area contributed by atoms with Crippen molar-refractivity contribution in [3.63, 3.8) is 0 Å². The lowest BCUT2D eigenvalue weighted by molar-refractivity contribution is -0.129. The number of carbonyl (C=O) groups is 2. The van der Waals surface area contributed by atoms with E-state index in [0.29, 0.717) is 12.8 Å². The van der Waals surface area contributed by atoms with Crippen molar-refractivity contribution in [1.82, 2.24) is 21.7 Å². The molecule has 142 valence electrons. The predicted octanol–water partition coefficient (Wildman–Crippen LogP) is 1.38. The van der Waals surface area contributed by atoms with Crippen LogP contribution in [0.15, 0.2) is 54.6 Å². The molecule has 0 saturated carbocycles. The Morgan fingerprint density at radius 2 is 1.78 bits per heavy atom. The first-order chi connectivity index (χ1) is 13.2. The van der Waals surface area contributed by atoms with E-state index in [4.69, 9.17) is 4.74 Å². The van der Waals surface area contributed by atoms with Gasteiger partial charge in [0.15, 0.2) is 0 Å². The summed E-state index contributed by atoms with van der Waals surface area (Å²) < 4.78 is 5.11. The Balaban J connectivity index is 1.39. The lowest BCUT2D eigenvalue weighted by Crippen LogP contribution is -2.50. The molecule has 0 bridgehead atoms. The molecule has 2 amide bonds. The molecule has 3 rings (SSSR count). The van der Waals surface area contributed by atoms with Crippen LogP contribution in [-0.2, 0) is 16.0 Å². The van der Waals surface area contributed by atoms with E-state index in [0.717, 1.165) is 16.9 Å². The zero-order chi connectivity index (χ0) is 19.1. The van der Waals surface area contributed by atoms with Crippen LogP contribution < -0.4 is 26.4 Å². The molecule has 0 aromatic heterocycles. The normalized spacial score (nSPS) is 18.7. The maximum Gasteiger partial charge on any atom is 0.256 e. The van der Waals surface area contributed by atoms with E-state index in [9.17, 15) is 9.59 Å². The largest absolute Gasteiger partial charge is 0.497 e. The number of benzene rings is 2. The quantitative estimate of drug-likeness (QED) is 0.579. The molecular weight excluding hydrogens is 344 g/mol. The average molecular weight is 368 g/mol. The van der Waals surface area contributed by atoms with Crippen LogP contribution in [0.25, 0.3) is 0 Å². The zero-order valence-electron chi connectivity index (χ0n) is 15.2. The minimum Gasteiger partial charge on any atom is -0.497 e. The fourth-order valence-corrected chi connectivity index (χ4v) is 2.96. The molecule has 2 atom stereocenters. The van der Waals surface area contributed by atoms with Gasteiger partial charge in [-0.05, 0) is 36.1 Å². The smallest absolute Gasteiger partial charge is 0.256 e. The summed E-state index contributed by atoms with van der Waals surface area (Å²) in [6.07, 6.45) is 1.48. The number of carbonyl (C=O) groups excluding carboxylic acids is 2. The number of nitrogens with one attached hydrogen (secondary N) is 4. The van der Waals surface area contributed by atoms with E-state index < -0.39 is 6.04 Å². The summed E-state index contributed by atoms with van der Waals surface area (Å²) in [7, 11) is 1.61. The summed E-state index contributed by atoms with van der Waals surface area (Å²) >= 11 is 0. The molecule has 1 aliphatic heterocycles. The molecule has 1 aliphatic rings. The number of amides is 2. The predicted molar refractivity (Wildman–Crippen MR) is 101 cm³/mol. The van der Waals surface area contributed by atoms with Crippen molar-refractivity contribution in [2.45, 2.75) is 31.3 Å². The highest BCUT2D eigenvalue weighted by Crippen LogP contribution is 2.21. The highest BCUT2D eigenvalue weighted by Gasteiger charge is 2.30. The summed E-state index contributed by atoms with van der Waals surface area (Å²) in [6.45, 7) is 0. The van der Waals surface area contributed by atoms with Crippen LogP contribution in [0.4, 0.5) is 0 Å². The lowest BCUT2D eigenvalue weighted by atomic mass is 10.0. The maximum absolute atomic E-state index is 12.2. The van der Waals surface area contributed by atoms with E-state index in [2.05, 4.69) is 21.7 Å².